The first-order valence-corrected chi connectivity index (χ1v) is 155. The number of carbonyl (C=O) groups is 2. The van der Waals surface area contributed by atoms with Gasteiger partial charge in [-0.25, -0.2) is 26.4 Å². The third-order valence-corrected chi connectivity index (χ3v) is 1180. The van der Waals surface area contributed by atoms with Crippen LogP contribution in [0.1, 0.15) is 76.7 Å². The van der Waals surface area contributed by atoms with Crippen molar-refractivity contribution in [2.75, 3.05) is 131 Å². The zero-order valence-electron chi connectivity index (χ0n) is 76.7. The molecule has 1 aliphatic rings. The second kappa shape index (κ2) is 78.7. The van der Waals surface area contributed by atoms with Crippen LogP contribution in [0.25, 0.3) is 31.7 Å². The van der Waals surface area contributed by atoms with Gasteiger partial charge in [0.1, 0.15) is 80.2 Å². The van der Waals surface area contributed by atoms with Gasteiger partial charge in [0.25, 0.3) is 19.1 Å². The minimum Gasteiger partial charge on any atom is -0.374 e. The number of nitrogens with two attached hydrogens (primary N) is 2. The maximum atomic E-state index is 13.0. The number of sulfonamides is 1. The van der Waals surface area contributed by atoms with Gasteiger partial charge in [-0.05, 0) is 183 Å². The predicted octanol–water partition coefficient (Wildman–Crippen LogP) is 33.0. The third kappa shape index (κ3) is 55.8. The van der Waals surface area contributed by atoms with Gasteiger partial charge in [-0.1, -0.05) is 91.1 Å². The third-order valence-electron chi connectivity index (χ3n) is 14.8. The van der Waals surface area contributed by atoms with E-state index >= 15 is 0 Å². The van der Waals surface area contributed by atoms with Crippen LogP contribution in [-0.4, -0.2) is 212 Å². The van der Waals surface area contributed by atoms with E-state index in [1.165, 1.54) is 138 Å². The van der Waals surface area contributed by atoms with Gasteiger partial charge in [0.2, 0.25) is 25.7 Å². The van der Waals surface area contributed by atoms with Gasteiger partial charge in [0, 0.05) is 29.4 Å². The van der Waals surface area contributed by atoms with Crippen LogP contribution in [0.2, 0.25) is 0 Å². The first kappa shape index (κ1) is 148. The van der Waals surface area contributed by atoms with Crippen molar-refractivity contribution in [3.05, 3.63) is 117 Å². The Labute approximate surface area is 1020 Å². The quantitative estimate of drug-likeness (QED) is 0.00990. The van der Waals surface area contributed by atoms with E-state index in [1.807, 2.05) is 18.2 Å². The Kier molecular flexibility index (Phi) is 80.6. The molecule has 0 radical (unpaired) electrons. The fourth-order valence-corrected chi connectivity index (χ4v) is 2530. The molecule has 0 unspecified atom stereocenters. The molecule has 9 N–H and O–H groups in total. The van der Waals surface area contributed by atoms with E-state index in [0.717, 1.165) is 51.1 Å². The molecule has 11 aromatic rings. The molecule has 0 atom stereocenters. The van der Waals surface area contributed by atoms with Crippen LogP contribution < -0.4 is 89.1 Å². The van der Waals surface area contributed by atoms with Crippen LogP contribution in [-0.2, 0) is 33.3 Å². The van der Waals surface area contributed by atoms with Gasteiger partial charge in [-0.15, -0.1) is 74.2 Å². The fourth-order valence-electron chi connectivity index (χ4n) is 9.34. The number of amides is 2. The number of nitrogens with zero attached hydrogens (tertiary/aromatic N) is 10. The first-order valence-electron chi connectivity index (χ1n) is 37.5. The van der Waals surface area contributed by atoms with Crippen LogP contribution in [0.4, 0.5) is 35.2 Å². The molecule has 0 aliphatic carbocycles. The minimum absolute atomic E-state index is 0. The number of aromatic nitrogens is 10. The second-order valence-electron chi connectivity index (χ2n) is 26.2. The number of halogens is 23. The maximum absolute atomic E-state index is 13.0. The summed E-state index contributed by atoms with van der Waals surface area (Å²) in [6.45, 7) is 12.8. The molecule has 1 saturated heterocycles. The summed E-state index contributed by atoms with van der Waals surface area (Å²) in [4.78, 5) is 22.7. The van der Waals surface area contributed by atoms with Crippen LogP contribution in [0.5, 0.6) is 69.0 Å². The number of hydrogen-bond acceptors (Lipinski definition) is 40. The number of benzene rings is 6. The molecular weight excluding hydrogens is 4280 g/mol. The first-order chi connectivity index (χ1) is 66.8. The van der Waals surface area contributed by atoms with E-state index in [4.69, 9.17) is 126 Å². The summed E-state index contributed by atoms with van der Waals surface area (Å²) in [5, 5.41) is 65.0. The molecule has 0 saturated carbocycles. The minimum atomic E-state index is -4.04. The van der Waals surface area contributed by atoms with Crippen molar-refractivity contribution in [2.24, 2.45) is 0 Å². The van der Waals surface area contributed by atoms with Crippen LogP contribution in [0.3, 0.4) is 0 Å². The summed E-state index contributed by atoms with van der Waals surface area (Å²) in [5.74, 6) is 5.56. The normalized spacial score (nSPS) is 11.7. The SMILES string of the molecule is C.C.C.C1CCOC1.CC(C)(C)OC(=O)Nc1nnc(Br)s1.COc1ccc(OC)c(-c2nnc(N)s2)c1.COc1ccc(OC)c(-c2nnc(NC(=O)OC(C)(C)C)s2)c1.COc1ccc(OC)c(-c2nnc(NS(=O)(=O)c3c(OC)cccc3OC)s2)c1.COc1ccc(OC)c(B(O)O)c1.COc1cccc(OC)c1S(=O)(=O)Cl.ClCCl.II(I)I(I)I(I)I(I)I(I)I(I)I(I)I(I)I.Nc1nnc(Br)s1. The summed E-state index contributed by atoms with van der Waals surface area (Å²) in [5.41, 5.74) is 12.2. The molecule has 1 aliphatic heterocycles. The molecule has 1 fully saturated rings. The van der Waals surface area contributed by atoms with Gasteiger partial charge < -0.3 is 92.6 Å². The van der Waals surface area contributed by atoms with Crippen LogP contribution in [0, 0.1) is 0 Å². The van der Waals surface area contributed by atoms with E-state index < -0.39 is 65.4 Å². The van der Waals surface area contributed by atoms with E-state index in [-0.39, 0.29) is 113 Å². The number of carbonyl (C=O) groups excluding carboxylic acids is 2. The Morgan fingerprint density at radius 3 is 1.00 bits per heavy atom. The molecule has 6 aromatic carbocycles. The molecule has 6 heterocycles. The number of nitrogen functional groups attached to an aromatic ring is 2. The summed E-state index contributed by atoms with van der Waals surface area (Å²) < 4.78 is 129. The standard InChI is InChI=1S/C18H19N3O6S2.C15H19N3O4S.C10H11N3O2S.C8H11BO4.C8H9ClO4S.C7H10BrN3O2S.C4H8O.C2H2BrN3S.CH2Cl2.3CH4.I18/c1-24-11-8-9-13(25-2)12(10-11)17-19-20-18(28-17)21-29(22,23)16-14(26-3)6-5-7-15(16)27-4;1-15(2,3)22-14(19)16-13-18-17-12(23-13)10-8-9(20-4)6-7-11(10)21-5;1-14-6-3-4-8(15-2)7(5-6)9-12-13-10(11)16-9;1-12-6-3-4-8(13-2)7(5-6)9(10)11;1-12-6-4-3-5-7(13-2)8(6)14(9,10)11;1-7(2,3)13-6(12)9-5-11-10-4(8)14-5;1-2-4-5-3-1;3-1-5-6-2(4)7-1;2-1-3;;;;1-11(2)13(5)15(7)17(9)18(10)16(8)14(6)12(3)4/h5-10H,1-4H3,(H,20,21);6-8H,1-5H3,(H,16,18,19);3-5H,1-2H3,(H2,11,13);3-5,10-11H,1-2H3;3-5H,1-2H3;1-3H3,(H,9,11,12);1-4H2;(H2,4,6);1H2;3*1H4;. The molecule has 12 rings (SSSR count). The Bertz CT molecular complexity index is 5820. The average Bonchev–Trinajstić information content (AvgIpc) is 1.44. The number of ether oxygens (including phenoxy) is 15. The van der Waals surface area contributed by atoms with Gasteiger partial charge in [-0.2, -0.15) is 0 Å². The van der Waals surface area contributed by atoms with Crippen molar-refractivity contribution in [2.45, 2.75) is 97.7 Å². The van der Waals surface area contributed by atoms with Crippen LogP contribution >= 0.6 is 372 Å². The molecule has 0 spiro atoms. The molecular formula is C76H103BBr2Cl3I18N15O23S7. The predicted molar refractivity (Wildman–Crippen MR) is 761 cm³/mol. The van der Waals surface area contributed by atoms with Crippen molar-refractivity contribution in [1.82, 2.24) is 51.0 Å². The second-order valence-corrected chi connectivity index (χ2v) is 429. The molecule has 38 nitrogen and oxygen atoms in total. The Morgan fingerprint density at radius 2 is 0.717 bits per heavy atom. The number of hydrogen-bond donors (Lipinski definition) is 7. The van der Waals surface area contributed by atoms with Crippen molar-refractivity contribution in [3.8, 4) is 101 Å². The number of alkyl halides is 2. The molecule has 69 heteroatoms. The zero-order chi connectivity index (χ0) is 107. The van der Waals surface area contributed by atoms with E-state index in [0.29, 0.717) is 85.0 Å². The van der Waals surface area contributed by atoms with Crippen molar-refractivity contribution in [1.29, 1.82) is 0 Å². The number of methoxy groups -OCH3 is 12. The van der Waals surface area contributed by atoms with E-state index in [9.17, 15) is 26.4 Å². The monoisotopic (exact) mass is 4380 g/mol. The summed E-state index contributed by atoms with van der Waals surface area (Å²) in [6, 6.07) is 30.2. The van der Waals surface area contributed by atoms with Crippen LogP contribution in [0.15, 0.2) is 127 Å². The maximum Gasteiger partial charge on any atom is 0.203 e. The van der Waals surface area contributed by atoms with Gasteiger partial charge >= 0.3 is 269 Å². The number of rotatable bonds is 29. The molecule has 5 aromatic heterocycles. The molecule has 0 bridgehead atoms. The van der Waals surface area contributed by atoms with Crippen molar-refractivity contribution >= 4 is 441 Å². The molecule has 826 valence electrons. The van der Waals surface area contributed by atoms with Crippen molar-refractivity contribution < 1.29 is 108 Å². The van der Waals surface area contributed by atoms with E-state index in [2.05, 4.69) is 284 Å². The van der Waals surface area contributed by atoms with Gasteiger partial charge in [-0.3, -0.25) is 15.4 Å². The summed E-state index contributed by atoms with van der Waals surface area (Å²) in [6.07, 6.45) is 1.46. The number of anilines is 5. The number of nitrogens with one attached hydrogen (secondary N) is 3. The smallest absolute Gasteiger partial charge is 0.203 e. The Balaban J connectivity index is 0.00000164. The fraction of sp³-hybridized carbons (Fsp3) is 0.368. The van der Waals surface area contributed by atoms with Gasteiger partial charge in [0.05, 0.1) is 107 Å². The Morgan fingerprint density at radius 1 is 0.421 bits per heavy atom. The van der Waals surface area contributed by atoms with Gasteiger partial charge in [0.15, 0.2) is 32.6 Å². The largest absolute Gasteiger partial charge is 0.374 e. The zero-order valence-corrected chi connectivity index (χ0v) is 127. The Hall–Kier alpha value is 3.47. The van der Waals surface area contributed by atoms with Crippen molar-refractivity contribution in [3.63, 3.8) is 0 Å². The summed E-state index contributed by atoms with van der Waals surface area (Å²) in [7, 11) is 10.6. The van der Waals surface area contributed by atoms with E-state index in [1.54, 1.807) is 138 Å². The topological polar surface area (TPSA) is 498 Å². The average molecular weight is 4380 g/mol. The molecule has 2 amide bonds. The summed E-state index contributed by atoms with van der Waals surface area (Å²) >= 11 is 51.9. The molecule has 145 heavy (non-hydrogen) atoms.